The predicted octanol–water partition coefficient (Wildman–Crippen LogP) is 2.78. The molecule has 0 saturated carbocycles. The number of thiophene rings is 1. The molecule has 28 heavy (non-hydrogen) atoms. The lowest BCUT2D eigenvalue weighted by Crippen LogP contribution is -2.42. The minimum atomic E-state index is -0.789. The first kappa shape index (κ1) is 19.7. The lowest BCUT2D eigenvalue weighted by molar-refractivity contribution is -0.144. The van der Waals surface area contributed by atoms with Crippen LogP contribution in [0.3, 0.4) is 0 Å². The number of urea groups is 1. The number of carbonyl (C=O) groups excluding carboxylic acids is 3. The van der Waals surface area contributed by atoms with Crippen LogP contribution in [0, 0.1) is 11.3 Å². The van der Waals surface area contributed by atoms with Crippen LogP contribution in [-0.2, 0) is 22.7 Å². The quantitative estimate of drug-likeness (QED) is 0.506. The zero-order chi connectivity index (χ0) is 20.1. The fourth-order valence-corrected chi connectivity index (χ4v) is 3.72. The van der Waals surface area contributed by atoms with Crippen LogP contribution < -0.4 is 0 Å². The van der Waals surface area contributed by atoms with Gasteiger partial charge in [0.05, 0.1) is 24.8 Å². The van der Waals surface area contributed by atoms with E-state index in [2.05, 4.69) is 6.07 Å². The van der Waals surface area contributed by atoms with E-state index in [1.54, 1.807) is 12.1 Å². The number of carbonyl (C=O) groups is 3. The van der Waals surface area contributed by atoms with Crippen LogP contribution in [0.1, 0.15) is 29.3 Å². The highest BCUT2D eigenvalue weighted by molar-refractivity contribution is 7.09. The second-order valence-electron chi connectivity index (χ2n) is 6.49. The standard InChI is InChI=1S/C20H20N4O3S/c1-2-9-22(12-16-7-5-15(11-21)6-8-16)14-24-19(26)18(25)23(20(24)27)13-17-4-3-10-28-17/h3-8,10H,2,9,12-14H2,1H3. The van der Waals surface area contributed by atoms with Crippen LogP contribution in [0.15, 0.2) is 41.8 Å². The molecule has 2 heterocycles. The maximum Gasteiger partial charge on any atom is 0.335 e. The van der Waals surface area contributed by atoms with Crippen molar-refractivity contribution >= 4 is 29.2 Å². The van der Waals surface area contributed by atoms with Gasteiger partial charge in [0.1, 0.15) is 0 Å². The number of rotatable bonds is 8. The molecule has 3 rings (SSSR count). The van der Waals surface area contributed by atoms with Crippen LogP contribution in [0.5, 0.6) is 0 Å². The number of hydrogen-bond acceptors (Lipinski definition) is 6. The first-order chi connectivity index (χ1) is 13.5. The van der Waals surface area contributed by atoms with E-state index in [1.807, 2.05) is 41.5 Å². The summed E-state index contributed by atoms with van der Waals surface area (Å²) in [5, 5.41) is 10.8. The molecule has 1 aromatic heterocycles. The molecule has 1 fully saturated rings. The van der Waals surface area contributed by atoms with Crippen molar-refractivity contribution in [1.29, 1.82) is 5.26 Å². The lowest BCUT2D eigenvalue weighted by Gasteiger charge is -2.26. The monoisotopic (exact) mass is 396 g/mol. The summed E-state index contributed by atoms with van der Waals surface area (Å²) in [4.78, 5) is 42.2. The SMILES string of the molecule is CCCN(Cc1ccc(C#N)cc1)CN1C(=O)C(=O)N(Cc2cccs2)C1=O. The minimum absolute atomic E-state index is 0.0538. The molecule has 0 bridgehead atoms. The Bertz CT molecular complexity index is 903. The van der Waals surface area contributed by atoms with Crippen LogP contribution >= 0.6 is 11.3 Å². The lowest BCUT2D eigenvalue weighted by atomic mass is 10.1. The van der Waals surface area contributed by atoms with Gasteiger partial charge in [-0.3, -0.25) is 19.4 Å². The summed E-state index contributed by atoms with van der Waals surface area (Å²) in [5.41, 5.74) is 1.54. The zero-order valence-electron chi connectivity index (χ0n) is 15.5. The molecule has 1 aliphatic rings. The van der Waals surface area contributed by atoms with Crippen molar-refractivity contribution in [2.45, 2.75) is 26.4 Å². The predicted molar refractivity (Wildman–Crippen MR) is 104 cm³/mol. The number of benzene rings is 1. The van der Waals surface area contributed by atoms with Crippen LogP contribution in [0.25, 0.3) is 0 Å². The molecule has 1 aliphatic heterocycles. The maximum atomic E-state index is 12.7. The van der Waals surface area contributed by atoms with Gasteiger partial charge in [-0.05, 0) is 42.1 Å². The molecular weight excluding hydrogens is 376 g/mol. The fraction of sp³-hybridized carbons (Fsp3) is 0.300. The summed E-state index contributed by atoms with van der Waals surface area (Å²) in [6.07, 6.45) is 0.833. The molecule has 0 aliphatic carbocycles. The van der Waals surface area contributed by atoms with Gasteiger partial charge < -0.3 is 0 Å². The van der Waals surface area contributed by atoms with Crippen molar-refractivity contribution < 1.29 is 14.4 Å². The van der Waals surface area contributed by atoms with Crippen LogP contribution in [0.4, 0.5) is 4.79 Å². The Hall–Kier alpha value is -3.02. The van der Waals surface area contributed by atoms with Gasteiger partial charge in [0.25, 0.3) is 0 Å². The second kappa shape index (κ2) is 8.78. The molecule has 0 radical (unpaired) electrons. The highest BCUT2D eigenvalue weighted by Gasteiger charge is 2.44. The molecule has 0 N–H and O–H groups in total. The summed E-state index contributed by atoms with van der Waals surface area (Å²) in [6, 6.07) is 12.3. The number of hydrogen-bond donors (Lipinski definition) is 0. The van der Waals surface area contributed by atoms with E-state index in [0.29, 0.717) is 18.7 Å². The Balaban J connectivity index is 1.70. The van der Waals surface area contributed by atoms with Crippen molar-refractivity contribution in [3.8, 4) is 6.07 Å². The molecule has 1 aromatic carbocycles. The molecule has 0 unspecified atom stereocenters. The Morgan fingerprint density at radius 2 is 1.79 bits per heavy atom. The van der Waals surface area contributed by atoms with Gasteiger partial charge in [0, 0.05) is 11.4 Å². The van der Waals surface area contributed by atoms with E-state index in [1.165, 1.54) is 11.3 Å². The Labute approximate surface area is 167 Å². The summed E-state index contributed by atoms with van der Waals surface area (Å²) in [6.45, 7) is 3.35. The molecular formula is C20H20N4O3S. The van der Waals surface area contributed by atoms with Gasteiger partial charge in [-0.2, -0.15) is 5.26 Å². The number of amides is 4. The van der Waals surface area contributed by atoms with Gasteiger partial charge in [0.2, 0.25) is 0 Å². The van der Waals surface area contributed by atoms with E-state index in [9.17, 15) is 14.4 Å². The van der Waals surface area contributed by atoms with E-state index in [-0.39, 0.29) is 13.2 Å². The maximum absolute atomic E-state index is 12.7. The highest BCUT2D eigenvalue weighted by Crippen LogP contribution is 2.19. The molecule has 1 saturated heterocycles. The summed E-state index contributed by atoms with van der Waals surface area (Å²) < 4.78 is 0. The molecule has 0 atom stereocenters. The summed E-state index contributed by atoms with van der Waals surface area (Å²) in [7, 11) is 0. The van der Waals surface area contributed by atoms with Gasteiger partial charge in [-0.15, -0.1) is 11.3 Å². The average Bonchev–Trinajstić information content (AvgIpc) is 3.28. The molecule has 2 aromatic rings. The number of nitrogens with zero attached hydrogens (tertiary/aromatic N) is 4. The second-order valence-corrected chi connectivity index (χ2v) is 7.52. The first-order valence-corrected chi connectivity index (χ1v) is 9.82. The van der Waals surface area contributed by atoms with Gasteiger partial charge >= 0.3 is 17.8 Å². The van der Waals surface area contributed by atoms with Crippen LogP contribution in [-0.4, -0.2) is 45.8 Å². The van der Waals surface area contributed by atoms with Crippen molar-refractivity contribution in [2.75, 3.05) is 13.2 Å². The van der Waals surface area contributed by atoms with Crippen LogP contribution in [0.2, 0.25) is 0 Å². The van der Waals surface area contributed by atoms with Crippen molar-refractivity contribution in [2.24, 2.45) is 0 Å². The molecule has 7 nitrogen and oxygen atoms in total. The van der Waals surface area contributed by atoms with Gasteiger partial charge in [-0.25, -0.2) is 9.69 Å². The normalized spacial score (nSPS) is 14.2. The minimum Gasteiger partial charge on any atom is -0.281 e. The largest absolute Gasteiger partial charge is 0.335 e. The Morgan fingerprint density at radius 1 is 1.07 bits per heavy atom. The number of imide groups is 2. The van der Waals surface area contributed by atoms with Crippen molar-refractivity contribution in [3.05, 3.63) is 57.8 Å². The Morgan fingerprint density at radius 3 is 2.39 bits per heavy atom. The topological polar surface area (TPSA) is 84.7 Å². The van der Waals surface area contributed by atoms with Gasteiger partial charge in [-0.1, -0.05) is 25.1 Å². The average molecular weight is 396 g/mol. The van der Waals surface area contributed by atoms with E-state index in [0.717, 1.165) is 26.7 Å². The number of nitriles is 1. The summed E-state index contributed by atoms with van der Waals surface area (Å²) in [5.74, 6) is -1.57. The Kier molecular flexibility index (Phi) is 6.19. The first-order valence-electron chi connectivity index (χ1n) is 8.94. The van der Waals surface area contributed by atoms with Crippen molar-refractivity contribution in [1.82, 2.24) is 14.7 Å². The molecule has 4 amide bonds. The summed E-state index contributed by atoms with van der Waals surface area (Å²) >= 11 is 1.43. The van der Waals surface area contributed by atoms with Gasteiger partial charge in [0.15, 0.2) is 0 Å². The van der Waals surface area contributed by atoms with E-state index >= 15 is 0 Å². The van der Waals surface area contributed by atoms with Crippen molar-refractivity contribution in [3.63, 3.8) is 0 Å². The highest BCUT2D eigenvalue weighted by atomic mass is 32.1. The van der Waals surface area contributed by atoms with E-state index < -0.39 is 17.8 Å². The molecule has 8 heteroatoms. The third-order valence-electron chi connectivity index (χ3n) is 4.40. The smallest absolute Gasteiger partial charge is 0.281 e. The third kappa shape index (κ3) is 4.27. The molecule has 0 spiro atoms. The third-order valence-corrected chi connectivity index (χ3v) is 5.26. The zero-order valence-corrected chi connectivity index (χ0v) is 16.3. The molecule has 144 valence electrons. The fourth-order valence-electron chi connectivity index (χ4n) is 3.03. The van der Waals surface area contributed by atoms with E-state index in [4.69, 9.17) is 5.26 Å².